The fourth-order valence-electron chi connectivity index (χ4n) is 2.94. The van der Waals surface area contributed by atoms with E-state index >= 15 is 0 Å². The first-order valence-electron chi connectivity index (χ1n) is 7.89. The van der Waals surface area contributed by atoms with Crippen LogP contribution in [0.15, 0.2) is 17.5 Å². The van der Waals surface area contributed by atoms with Crippen molar-refractivity contribution in [2.45, 2.75) is 57.7 Å². The second-order valence-corrected chi connectivity index (χ2v) is 7.02. The summed E-state index contributed by atoms with van der Waals surface area (Å²) in [5.41, 5.74) is 0. The second kappa shape index (κ2) is 6.27. The highest BCUT2D eigenvalue weighted by Crippen LogP contribution is 2.35. The van der Waals surface area contributed by atoms with E-state index < -0.39 is 0 Å². The van der Waals surface area contributed by atoms with Gasteiger partial charge in [-0.05, 0) is 30.2 Å². The molecule has 0 bridgehead atoms. The van der Waals surface area contributed by atoms with Crippen LogP contribution in [0, 0.1) is 5.92 Å². The van der Waals surface area contributed by atoms with Crippen LogP contribution in [0.3, 0.4) is 0 Å². The molecule has 1 aliphatic heterocycles. The molecule has 1 N–H and O–H groups in total. The summed E-state index contributed by atoms with van der Waals surface area (Å²) in [5, 5.41) is 5.66. The van der Waals surface area contributed by atoms with Gasteiger partial charge in [0.1, 0.15) is 6.17 Å². The van der Waals surface area contributed by atoms with Crippen LogP contribution in [0.2, 0.25) is 0 Å². The Hall–Kier alpha value is -0.870. The number of nitrogens with zero attached hydrogens (tertiary/aromatic N) is 1. The molecule has 0 radical (unpaired) electrons. The minimum Gasteiger partial charge on any atom is -0.321 e. The van der Waals surface area contributed by atoms with Gasteiger partial charge < -0.3 is 4.90 Å². The molecule has 3 rings (SSSR count). The van der Waals surface area contributed by atoms with Gasteiger partial charge in [-0.1, -0.05) is 38.7 Å². The van der Waals surface area contributed by atoms with Crippen molar-refractivity contribution in [3.63, 3.8) is 0 Å². The number of hydrogen-bond acceptors (Lipinski definition) is 3. The number of amides is 1. The summed E-state index contributed by atoms with van der Waals surface area (Å²) in [6.07, 6.45) is 7.25. The predicted molar refractivity (Wildman–Crippen MR) is 82.6 cm³/mol. The zero-order chi connectivity index (χ0) is 13.9. The topological polar surface area (TPSA) is 32.3 Å². The number of carbonyl (C=O) groups excluding carboxylic acids is 1. The Kier molecular flexibility index (Phi) is 4.41. The van der Waals surface area contributed by atoms with Crippen LogP contribution >= 0.6 is 11.3 Å². The summed E-state index contributed by atoms with van der Waals surface area (Å²) < 4.78 is 0. The van der Waals surface area contributed by atoms with E-state index in [1.165, 1.54) is 24.1 Å². The largest absolute Gasteiger partial charge is 0.321 e. The Labute approximate surface area is 125 Å². The molecule has 1 amide bonds. The summed E-state index contributed by atoms with van der Waals surface area (Å²) in [5.74, 6) is 1.19. The number of nitrogens with one attached hydrogen (secondary N) is 1. The van der Waals surface area contributed by atoms with Crippen LogP contribution in [-0.4, -0.2) is 23.4 Å². The van der Waals surface area contributed by atoms with E-state index in [2.05, 4.69) is 34.7 Å². The lowest BCUT2D eigenvalue weighted by molar-refractivity contribution is -0.130. The van der Waals surface area contributed by atoms with Gasteiger partial charge in [0, 0.05) is 11.4 Å². The first-order chi connectivity index (χ1) is 9.79. The highest BCUT2D eigenvalue weighted by atomic mass is 32.1. The molecule has 2 atom stereocenters. The highest BCUT2D eigenvalue weighted by Gasteiger charge is 2.39. The average molecular weight is 292 g/mol. The third kappa shape index (κ3) is 3.07. The minimum atomic E-state index is 0.0289. The van der Waals surface area contributed by atoms with Crippen molar-refractivity contribution in [3.05, 3.63) is 22.4 Å². The van der Waals surface area contributed by atoms with Crippen LogP contribution in [-0.2, 0) is 4.79 Å². The molecule has 3 nitrogen and oxygen atoms in total. The van der Waals surface area contributed by atoms with E-state index in [0.717, 1.165) is 31.7 Å². The number of rotatable bonds is 7. The third-order valence-electron chi connectivity index (χ3n) is 4.39. The maximum atomic E-state index is 12.6. The molecule has 0 aromatic carbocycles. The summed E-state index contributed by atoms with van der Waals surface area (Å²) in [6, 6.07) is 4.24. The molecule has 1 saturated carbocycles. The van der Waals surface area contributed by atoms with E-state index in [0.29, 0.717) is 5.91 Å². The molecule has 1 aromatic heterocycles. The zero-order valence-electron chi connectivity index (χ0n) is 12.2. The van der Waals surface area contributed by atoms with Gasteiger partial charge in [-0.2, -0.15) is 0 Å². The van der Waals surface area contributed by atoms with Gasteiger partial charge >= 0.3 is 0 Å². The van der Waals surface area contributed by atoms with Crippen LogP contribution in [0.1, 0.15) is 56.5 Å². The van der Waals surface area contributed by atoms with Gasteiger partial charge in [-0.25, -0.2) is 0 Å². The zero-order valence-corrected chi connectivity index (χ0v) is 13.0. The molecule has 1 aliphatic carbocycles. The molecular weight excluding hydrogens is 268 g/mol. The SMILES string of the molecule is CCCCC1NC(c2cccs2)N(CCC2CC2)C1=O. The van der Waals surface area contributed by atoms with E-state index in [4.69, 9.17) is 0 Å². The Balaban J connectivity index is 1.69. The smallest absolute Gasteiger partial charge is 0.241 e. The summed E-state index contributed by atoms with van der Waals surface area (Å²) in [4.78, 5) is 16.0. The fourth-order valence-corrected chi connectivity index (χ4v) is 3.74. The van der Waals surface area contributed by atoms with Crippen LogP contribution in [0.5, 0.6) is 0 Å². The van der Waals surface area contributed by atoms with Crippen LogP contribution in [0.25, 0.3) is 0 Å². The molecule has 2 fully saturated rings. The number of thiophene rings is 1. The van der Waals surface area contributed by atoms with Crippen molar-refractivity contribution in [1.82, 2.24) is 10.2 Å². The van der Waals surface area contributed by atoms with E-state index in [1.54, 1.807) is 11.3 Å². The van der Waals surface area contributed by atoms with Crippen molar-refractivity contribution in [1.29, 1.82) is 0 Å². The fraction of sp³-hybridized carbons (Fsp3) is 0.688. The first-order valence-corrected chi connectivity index (χ1v) is 8.77. The van der Waals surface area contributed by atoms with Crippen LogP contribution in [0.4, 0.5) is 0 Å². The molecule has 2 unspecified atom stereocenters. The van der Waals surface area contributed by atoms with Gasteiger partial charge in [-0.3, -0.25) is 10.1 Å². The summed E-state index contributed by atoms with van der Waals surface area (Å²) in [7, 11) is 0. The molecule has 4 heteroatoms. The van der Waals surface area contributed by atoms with E-state index in [9.17, 15) is 4.79 Å². The molecular formula is C16H24N2OS. The minimum absolute atomic E-state index is 0.0289. The third-order valence-corrected chi connectivity index (χ3v) is 5.31. The molecule has 1 saturated heterocycles. The van der Waals surface area contributed by atoms with Gasteiger partial charge in [0.15, 0.2) is 0 Å². The van der Waals surface area contributed by atoms with Gasteiger partial charge in [0.2, 0.25) is 5.91 Å². The molecule has 1 aromatic rings. The van der Waals surface area contributed by atoms with Crippen molar-refractivity contribution in [3.8, 4) is 0 Å². The molecule has 20 heavy (non-hydrogen) atoms. The molecule has 2 aliphatic rings. The van der Waals surface area contributed by atoms with Gasteiger partial charge in [-0.15, -0.1) is 11.3 Å². The highest BCUT2D eigenvalue weighted by molar-refractivity contribution is 7.10. The molecule has 110 valence electrons. The Morgan fingerprint density at radius 3 is 2.90 bits per heavy atom. The normalized spacial score (nSPS) is 26.4. The van der Waals surface area contributed by atoms with Gasteiger partial charge in [0.05, 0.1) is 6.04 Å². The summed E-state index contributed by atoms with van der Waals surface area (Å²) in [6.45, 7) is 3.10. The van der Waals surface area contributed by atoms with Gasteiger partial charge in [0.25, 0.3) is 0 Å². The van der Waals surface area contributed by atoms with Crippen molar-refractivity contribution < 1.29 is 4.79 Å². The van der Waals surface area contributed by atoms with Crippen molar-refractivity contribution >= 4 is 17.2 Å². The van der Waals surface area contributed by atoms with E-state index in [-0.39, 0.29) is 12.2 Å². The van der Waals surface area contributed by atoms with Crippen molar-refractivity contribution in [2.75, 3.05) is 6.54 Å². The number of hydrogen-bond donors (Lipinski definition) is 1. The first kappa shape index (κ1) is 14.1. The predicted octanol–water partition coefficient (Wildman–Crippen LogP) is 3.54. The van der Waals surface area contributed by atoms with Crippen LogP contribution < -0.4 is 5.32 Å². The second-order valence-electron chi connectivity index (χ2n) is 6.04. The molecule has 2 heterocycles. The Morgan fingerprint density at radius 2 is 2.25 bits per heavy atom. The maximum absolute atomic E-state index is 12.6. The van der Waals surface area contributed by atoms with E-state index in [1.807, 2.05) is 0 Å². The quantitative estimate of drug-likeness (QED) is 0.833. The number of carbonyl (C=O) groups is 1. The lowest BCUT2D eigenvalue weighted by atomic mass is 10.1. The standard InChI is InChI=1S/C16H24N2OS/c1-2-3-5-13-16(19)18(10-9-12-7-8-12)15(17-13)14-6-4-11-20-14/h4,6,11-13,15,17H,2-3,5,7-10H2,1H3. The lowest BCUT2D eigenvalue weighted by Crippen LogP contribution is -2.32. The molecule has 0 spiro atoms. The average Bonchev–Trinajstić information content (AvgIpc) is 3.01. The monoisotopic (exact) mass is 292 g/mol. The maximum Gasteiger partial charge on any atom is 0.241 e. The number of unbranched alkanes of at least 4 members (excludes halogenated alkanes) is 1. The summed E-state index contributed by atoms with van der Waals surface area (Å²) >= 11 is 1.75. The van der Waals surface area contributed by atoms with Crippen molar-refractivity contribution in [2.24, 2.45) is 5.92 Å². The Bertz CT molecular complexity index is 441. The Morgan fingerprint density at radius 1 is 1.40 bits per heavy atom. The lowest BCUT2D eigenvalue weighted by Gasteiger charge is -2.23.